The Labute approximate surface area is 122 Å². The van der Waals surface area contributed by atoms with Crippen molar-refractivity contribution < 1.29 is 9.90 Å². The fourth-order valence-corrected chi connectivity index (χ4v) is 3.16. The summed E-state index contributed by atoms with van der Waals surface area (Å²) in [7, 11) is 0. The summed E-state index contributed by atoms with van der Waals surface area (Å²) in [6.07, 6.45) is 8.55. The van der Waals surface area contributed by atoms with Gasteiger partial charge in [-0.25, -0.2) is 0 Å². The lowest BCUT2D eigenvalue weighted by atomic mass is 9.84. The van der Waals surface area contributed by atoms with Crippen molar-refractivity contribution in [2.24, 2.45) is 5.41 Å². The number of carboxylic acids is 1. The maximum atomic E-state index is 11.3. The van der Waals surface area contributed by atoms with Gasteiger partial charge in [-0.2, -0.15) is 0 Å². The van der Waals surface area contributed by atoms with Gasteiger partial charge in [0.2, 0.25) is 0 Å². The van der Waals surface area contributed by atoms with Crippen LogP contribution in [-0.2, 0) is 11.2 Å². The number of carbonyl (C=O) groups is 1. The SMILES string of the molecule is CC(C)(Cc1cccc(C2CCCCCC2)c1)C(=O)O. The number of hydrogen-bond donors (Lipinski definition) is 1. The van der Waals surface area contributed by atoms with Gasteiger partial charge < -0.3 is 5.11 Å². The Hall–Kier alpha value is -1.31. The zero-order valence-corrected chi connectivity index (χ0v) is 12.7. The average Bonchev–Trinajstić information content (AvgIpc) is 2.67. The van der Waals surface area contributed by atoms with Gasteiger partial charge >= 0.3 is 5.97 Å². The molecule has 2 rings (SSSR count). The minimum absolute atomic E-state index is 0.600. The molecular formula is C18H26O2. The molecule has 1 aliphatic rings. The summed E-state index contributed by atoms with van der Waals surface area (Å²) in [5, 5.41) is 9.26. The molecule has 0 bridgehead atoms. The van der Waals surface area contributed by atoms with Crippen LogP contribution in [0.25, 0.3) is 0 Å². The highest BCUT2D eigenvalue weighted by Gasteiger charge is 2.27. The lowest BCUT2D eigenvalue weighted by Gasteiger charge is -2.21. The molecule has 0 aromatic heterocycles. The fraction of sp³-hybridized carbons (Fsp3) is 0.611. The third kappa shape index (κ3) is 3.84. The van der Waals surface area contributed by atoms with Crippen LogP contribution in [-0.4, -0.2) is 11.1 Å². The number of rotatable bonds is 4. The molecule has 1 N–H and O–H groups in total. The highest BCUT2D eigenvalue weighted by Crippen LogP contribution is 2.32. The molecule has 1 fully saturated rings. The molecule has 1 aliphatic carbocycles. The van der Waals surface area contributed by atoms with E-state index in [9.17, 15) is 9.90 Å². The van der Waals surface area contributed by atoms with Crippen LogP contribution in [0.3, 0.4) is 0 Å². The second-order valence-electron chi connectivity index (χ2n) is 6.80. The molecule has 0 heterocycles. The fourth-order valence-electron chi connectivity index (χ4n) is 3.16. The molecule has 0 spiro atoms. The van der Waals surface area contributed by atoms with Gasteiger partial charge in [0, 0.05) is 0 Å². The Morgan fingerprint density at radius 2 is 1.85 bits per heavy atom. The number of carboxylic acid groups (broad SMARTS) is 1. The summed E-state index contributed by atoms with van der Waals surface area (Å²) in [6.45, 7) is 3.60. The largest absolute Gasteiger partial charge is 0.481 e. The van der Waals surface area contributed by atoms with Crippen molar-refractivity contribution in [1.82, 2.24) is 0 Å². The molecule has 0 aliphatic heterocycles. The minimum Gasteiger partial charge on any atom is -0.481 e. The Balaban J connectivity index is 2.13. The van der Waals surface area contributed by atoms with E-state index in [1.54, 1.807) is 13.8 Å². The van der Waals surface area contributed by atoms with E-state index in [4.69, 9.17) is 0 Å². The summed E-state index contributed by atoms with van der Waals surface area (Å²) in [5.74, 6) is -0.0530. The molecule has 0 unspecified atom stereocenters. The molecule has 1 aromatic carbocycles. The average molecular weight is 274 g/mol. The third-order valence-electron chi connectivity index (χ3n) is 4.50. The summed E-state index contributed by atoms with van der Waals surface area (Å²) < 4.78 is 0. The molecule has 1 aromatic rings. The van der Waals surface area contributed by atoms with E-state index >= 15 is 0 Å². The topological polar surface area (TPSA) is 37.3 Å². The molecule has 0 radical (unpaired) electrons. The Morgan fingerprint density at radius 3 is 2.45 bits per heavy atom. The maximum absolute atomic E-state index is 11.3. The Kier molecular flexibility index (Phi) is 4.85. The quantitative estimate of drug-likeness (QED) is 0.802. The standard InChI is InChI=1S/C18H26O2/c1-18(2,17(19)20)13-14-8-7-11-16(12-14)15-9-5-3-4-6-10-15/h7-8,11-12,15H,3-6,9-10,13H2,1-2H3,(H,19,20). The van der Waals surface area contributed by atoms with Gasteiger partial charge in [0.25, 0.3) is 0 Å². The summed E-state index contributed by atoms with van der Waals surface area (Å²) in [6, 6.07) is 8.60. The summed E-state index contributed by atoms with van der Waals surface area (Å²) in [5.41, 5.74) is 1.87. The van der Waals surface area contributed by atoms with E-state index in [0.717, 1.165) is 5.56 Å². The first-order chi connectivity index (χ1) is 9.49. The van der Waals surface area contributed by atoms with E-state index in [1.165, 1.54) is 44.1 Å². The van der Waals surface area contributed by atoms with Crippen LogP contribution in [0, 0.1) is 5.41 Å². The highest BCUT2D eigenvalue weighted by molar-refractivity contribution is 5.74. The second-order valence-corrected chi connectivity index (χ2v) is 6.80. The highest BCUT2D eigenvalue weighted by atomic mass is 16.4. The van der Waals surface area contributed by atoms with Crippen molar-refractivity contribution >= 4 is 5.97 Å². The lowest BCUT2D eigenvalue weighted by molar-refractivity contribution is -0.146. The third-order valence-corrected chi connectivity index (χ3v) is 4.50. The molecule has 0 atom stereocenters. The van der Waals surface area contributed by atoms with Crippen LogP contribution in [0.2, 0.25) is 0 Å². The van der Waals surface area contributed by atoms with Gasteiger partial charge in [0.15, 0.2) is 0 Å². The Bertz CT molecular complexity index is 454. The molecule has 1 saturated carbocycles. The normalized spacial score (nSPS) is 17.7. The van der Waals surface area contributed by atoms with Gasteiger partial charge in [0.1, 0.15) is 0 Å². The first kappa shape index (κ1) is 15.1. The molecule has 2 nitrogen and oxygen atoms in total. The van der Waals surface area contributed by atoms with Crippen LogP contribution < -0.4 is 0 Å². The van der Waals surface area contributed by atoms with E-state index < -0.39 is 11.4 Å². The van der Waals surface area contributed by atoms with Crippen molar-refractivity contribution in [3.63, 3.8) is 0 Å². The zero-order chi connectivity index (χ0) is 14.6. The van der Waals surface area contributed by atoms with E-state index in [0.29, 0.717) is 12.3 Å². The second kappa shape index (κ2) is 6.43. The zero-order valence-electron chi connectivity index (χ0n) is 12.7. The van der Waals surface area contributed by atoms with Gasteiger partial charge in [-0.3, -0.25) is 4.79 Å². The minimum atomic E-state index is -0.725. The number of hydrogen-bond acceptors (Lipinski definition) is 1. The van der Waals surface area contributed by atoms with Crippen molar-refractivity contribution in [3.05, 3.63) is 35.4 Å². The van der Waals surface area contributed by atoms with E-state index in [1.807, 2.05) is 0 Å². The van der Waals surface area contributed by atoms with Crippen molar-refractivity contribution in [3.8, 4) is 0 Å². The van der Waals surface area contributed by atoms with E-state index in [-0.39, 0.29) is 0 Å². The Morgan fingerprint density at radius 1 is 1.20 bits per heavy atom. The molecule has 0 saturated heterocycles. The first-order valence-corrected chi connectivity index (χ1v) is 7.81. The van der Waals surface area contributed by atoms with Gasteiger partial charge in [-0.05, 0) is 50.2 Å². The van der Waals surface area contributed by atoms with Crippen LogP contribution in [0.4, 0.5) is 0 Å². The number of benzene rings is 1. The maximum Gasteiger partial charge on any atom is 0.309 e. The molecule has 110 valence electrons. The summed E-state index contributed by atoms with van der Waals surface area (Å²) in [4.78, 5) is 11.3. The van der Waals surface area contributed by atoms with Crippen molar-refractivity contribution in [2.45, 2.75) is 64.7 Å². The smallest absolute Gasteiger partial charge is 0.309 e. The summed E-state index contributed by atoms with van der Waals surface area (Å²) >= 11 is 0. The van der Waals surface area contributed by atoms with Crippen molar-refractivity contribution in [1.29, 1.82) is 0 Å². The first-order valence-electron chi connectivity index (χ1n) is 7.81. The predicted octanol–water partition coefficient (Wildman–Crippen LogP) is 4.78. The van der Waals surface area contributed by atoms with Crippen LogP contribution in [0.1, 0.15) is 69.4 Å². The van der Waals surface area contributed by atoms with Crippen LogP contribution in [0.5, 0.6) is 0 Å². The molecule has 0 amide bonds. The predicted molar refractivity (Wildman–Crippen MR) is 82.0 cm³/mol. The monoisotopic (exact) mass is 274 g/mol. The molecular weight excluding hydrogens is 248 g/mol. The van der Waals surface area contributed by atoms with Crippen molar-refractivity contribution in [2.75, 3.05) is 0 Å². The van der Waals surface area contributed by atoms with Crippen LogP contribution in [0.15, 0.2) is 24.3 Å². The lowest BCUT2D eigenvalue weighted by Crippen LogP contribution is -2.26. The van der Waals surface area contributed by atoms with Crippen LogP contribution >= 0.6 is 0 Å². The number of aliphatic carboxylic acids is 1. The van der Waals surface area contributed by atoms with Gasteiger partial charge in [-0.15, -0.1) is 0 Å². The molecule has 20 heavy (non-hydrogen) atoms. The van der Waals surface area contributed by atoms with Gasteiger partial charge in [-0.1, -0.05) is 49.9 Å². The molecule has 2 heteroatoms. The van der Waals surface area contributed by atoms with E-state index in [2.05, 4.69) is 24.3 Å². The van der Waals surface area contributed by atoms with Gasteiger partial charge in [0.05, 0.1) is 5.41 Å².